The van der Waals surface area contributed by atoms with Crippen LogP contribution in [0.2, 0.25) is 0 Å². The van der Waals surface area contributed by atoms with Crippen molar-refractivity contribution in [2.75, 3.05) is 19.8 Å². The largest absolute Gasteiger partial charge is 0.436 e. The van der Waals surface area contributed by atoms with Gasteiger partial charge in [-0.2, -0.15) is 0 Å². The van der Waals surface area contributed by atoms with Crippen molar-refractivity contribution in [2.45, 2.75) is 141 Å². The summed E-state index contributed by atoms with van der Waals surface area (Å²) in [6, 6.07) is 0. The van der Waals surface area contributed by atoms with E-state index in [2.05, 4.69) is 0 Å². The Labute approximate surface area is 259 Å². The van der Waals surface area contributed by atoms with Gasteiger partial charge in [0.1, 0.15) is 0 Å². The molecule has 0 radical (unpaired) electrons. The minimum Gasteiger partial charge on any atom is -0.436 e. The second-order valence-electron chi connectivity index (χ2n) is 13.9. The number of epoxide rings is 3. The van der Waals surface area contributed by atoms with Crippen molar-refractivity contribution in [1.29, 1.82) is 0 Å². The second-order valence-corrected chi connectivity index (χ2v) is 13.9. The van der Waals surface area contributed by atoms with Crippen molar-refractivity contribution >= 4 is 17.9 Å². The number of rotatable bonds is 15. The highest BCUT2D eigenvalue weighted by atomic mass is 16.7. The molecule has 3 aliphatic heterocycles. The predicted octanol–water partition coefficient (Wildman–Crippen LogP) is 3.41. The van der Waals surface area contributed by atoms with Crippen LogP contribution < -0.4 is 0 Å². The van der Waals surface area contributed by atoms with Crippen LogP contribution in [-0.4, -0.2) is 93.2 Å². The van der Waals surface area contributed by atoms with Gasteiger partial charge in [0, 0.05) is 5.41 Å². The van der Waals surface area contributed by atoms with E-state index in [9.17, 15) is 14.4 Å². The first-order valence-corrected chi connectivity index (χ1v) is 16.5. The van der Waals surface area contributed by atoms with E-state index in [1.165, 1.54) is 0 Å². The maximum absolute atomic E-state index is 12.7. The van der Waals surface area contributed by atoms with Crippen LogP contribution in [0.4, 0.5) is 0 Å². The molecule has 12 atom stereocenters. The zero-order valence-corrected chi connectivity index (χ0v) is 26.3. The Morgan fingerprint density at radius 2 is 0.841 bits per heavy atom. The van der Waals surface area contributed by atoms with Gasteiger partial charge in [0.05, 0.1) is 74.2 Å². The molecule has 12 nitrogen and oxygen atoms in total. The average Bonchev–Trinajstić information content (AvgIpc) is 3.89. The molecular formula is C32H48O12. The van der Waals surface area contributed by atoms with Crippen molar-refractivity contribution in [3.63, 3.8) is 0 Å². The maximum Gasteiger partial charge on any atom is 0.311 e. The van der Waals surface area contributed by atoms with Gasteiger partial charge in [-0.3, -0.25) is 14.4 Å². The van der Waals surface area contributed by atoms with E-state index < -0.39 is 24.3 Å². The van der Waals surface area contributed by atoms with Gasteiger partial charge < -0.3 is 42.6 Å². The summed E-state index contributed by atoms with van der Waals surface area (Å²) in [7, 11) is 0. The van der Waals surface area contributed by atoms with E-state index in [0.717, 1.165) is 38.5 Å². The Hall–Kier alpha value is -1.83. The summed E-state index contributed by atoms with van der Waals surface area (Å²) in [5, 5.41) is 0. The zero-order chi connectivity index (χ0) is 31.0. The number of fused-ring (bicyclic) bond motifs is 3. The molecular weight excluding hydrogens is 576 g/mol. The van der Waals surface area contributed by atoms with Crippen LogP contribution in [0.3, 0.4) is 0 Å². The minimum atomic E-state index is -0.787. The standard InChI is InChI=1S/C32H48O12/c1-17(39-29(33)20-5-8-23-26(11-20)42-23)36-14-32(4,15-37-18(2)40-30(34)21-6-9-24-27(12-21)43-24)16-38-19(3)41-31(35)22-7-10-25-28(13-22)44-25/h17-28H,5-16H2,1-4H3. The molecule has 6 rings (SSSR count). The summed E-state index contributed by atoms with van der Waals surface area (Å²) in [4.78, 5) is 38.2. The number of ether oxygens (including phenoxy) is 9. The Kier molecular flexibility index (Phi) is 9.85. The number of carbonyl (C=O) groups is 3. The third-order valence-corrected chi connectivity index (χ3v) is 9.86. The molecule has 3 saturated heterocycles. The summed E-state index contributed by atoms with van der Waals surface area (Å²) >= 11 is 0. The molecule has 12 unspecified atom stereocenters. The third-order valence-electron chi connectivity index (χ3n) is 9.86. The number of hydrogen-bond donors (Lipinski definition) is 0. The van der Waals surface area contributed by atoms with Crippen LogP contribution in [0, 0.1) is 23.2 Å². The Bertz CT molecular complexity index is 924. The van der Waals surface area contributed by atoms with Crippen molar-refractivity contribution in [3.05, 3.63) is 0 Å². The molecule has 12 heteroatoms. The van der Waals surface area contributed by atoms with E-state index in [4.69, 9.17) is 42.6 Å². The smallest absolute Gasteiger partial charge is 0.311 e. The lowest BCUT2D eigenvalue weighted by molar-refractivity contribution is -0.213. The lowest BCUT2D eigenvalue weighted by Gasteiger charge is -2.32. The van der Waals surface area contributed by atoms with Crippen molar-refractivity contribution in [2.24, 2.45) is 23.2 Å². The Morgan fingerprint density at radius 3 is 1.11 bits per heavy atom. The van der Waals surface area contributed by atoms with Gasteiger partial charge in [-0.05, 0) is 78.6 Å². The lowest BCUT2D eigenvalue weighted by Crippen LogP contribution is -2.40. The van der Waals surface area contributed by atoms with Crippen LogP contribution >= 0.6 is 0 Å². The highest BCUT2D eigenvalue weighted by Crippen LogP contribution is 2.42. The quantitative estimate of drug-likeness (QED) is 0.114. The molecule has 0 spiro atoms. The van der Waals surface area contributed by atoms with Crippen LogP contribution in [0.25, 0.3) is 0 Å². The van der Waals surface area contributed by atoms with Gasteiger partial charge in [0.15, 0.2) is 18.9 Å². The Morgan fingerprint density at radius 1 is 0.545 bits per heavy atom. The van der Waals surface area contributed by atoms with Crippen molar-refractivity contribution in [3.8, 4) is 0 Å². The zero-order valence-electron chi connectivity index (χ0n) is 26.3. The van der Waals surface area contributed by atoms with E-state index in [1.807, 2.05) is 6.92 Å². The molecule has 6 aliphatic rings. The monoisotopic (exact) mass is 624 g/mol. The number of hydrogen-bond acceptors (Lipinski definition) is 12. The van der Waals surface area contributed by atoms with Crippen molar-refractivity contribution in [1.82, 2.24) is 0 Å². The second kappa shape index (κ2) is 13.5. The van der Waals surface area contributed by atoms with E-state index in [0.29, 0.717) is 37.6 Å². The molecule has 248 valence electrons. The van der Waals surface area contributed by atoms with E-state index >= 15 is 0 Å². The Balaban J connectivity index is 0.976. The van der Waals surface area contributed by atoms with E-state index in [-0.39, 0.29) is 73.8 Å². The van der Waals surface area contributed by atoms with Crippen LogP contribution in [0.5, 0.6) is 0 Å². The predicted molar refractivity (Wildman–Crippen MR) is 151 cm³/mol. The molecule has 0 aromatic carbocycles. The summed E-state index contributed by atoms with van der Waals surface area (Å²) in [5.41, 5.74) is -0.748. The number of esters is 3. The SMILES string of the molecule is CC(OCC(C)(COC(C)OC(=O)C1CCC2OC2C1)COC(C)OC(=O)C1CCC2OC2C1)OC(=O)C1CCC2OC2C1. The van der Waals surface area contributed by atoms with Crippen LogP contribution in [0.1, 0.15) is 85.5 Å². The fraction of sp³-hybridized carbons (Fsp3) is 0.906. The lowest BCUT2D eigenvalue weighted by atomic mass is 9.89. The molecule has 6 fully saturated rings. The highest BCUT2D eigenvalue weighted by molar-refractivity contribution is 5.73. The van der Waals surface area contributed by atoms with Gasteiger partial charge in [0.25, 0.3) is 0 Å². The minimum absolute atomic E-state index is 0.118. The summed E-state index contributed by atoms with van der Waals surface area (Å²) in [6.07, 6.45) is 6.05. The molecule has 0 N–H and O–H groups in total. The summed E-state index contributed by atoms with van der Waals surface area (Å²) in [6.45, 7) is 7.31. The number of carbonyl (C=O) groups excluding carboxylic acids is 3. The first kappa shape index (κ1) is 32.1. The fourth-order valence-corrected chi connectivity index (χ4v) is 6.82. The fourth-order valence-electron chi connectivity index (χ4n) is 6.82. The molecule has 3 heterocycles. The first-order valence-electron chi connectivity index (χ1n) is 16.5. The first-order chi connectivity index (χ1) is 21.0. The maximum atomic E-state index is 12.7. The molecule has 3 aliphatic carbocycles. The van der Waals surface area contributed by atoms with Gasteiger partial charge in [-0.25, -0.2) is 0 Å². The van der Waals surface area contributed by atoms with Gasteiger partial charge in [-0.1, -0.05) is 6.92 Å². The van der Waals surface area contributed by atoms with Gasteiger partial charge in [0.2, 0.25) is 0 Å². The van der Waals surface area contributed by atoms with Crippen molar-refractivity contribution < 1.29 is 57.0 Å². The molecule has 0 aromatic rings. The molecule has 0 bridgehead atoms. The molecule has 0 amide bonds. The molecule has 44 heavy (non-hydrogen) atoms. The summed E-state index contributed by atoms with van der Waals surface area (Å²) < 4.78 is 51.4. The van der Waals surface area contributed by atoms with Crippen LogP contribution in [0.15, 0.2) is 0 Å². The van der Waals surface area contributed by atoms with E-state index in [1.54, 1.807) is 20.8 Å². The topological polar surface area (TPSA) is 144 Å². The highest BCUT2D eigenvalue weighted by Gasteiger charge is 2.48. The molecule has 3 saturated carbocycles. The average molecular weight is 625 g/mol. The summed E-state index contributed by atoms with van der Waals surface area (Å²) in [5.74, 6) is -1.39. The third kappa shape index (κ3) is 8.50. The van der Waals surface area contributed by atoms with Gasteiger partial charge in [-0.15, -0.1) is 0 Å². The molecule has 0 aromatic heterocycles. The normalized spacial score (nSPS) is 38.3. The van der Waals surface area contributed by atoms with Gasteiger partial charge >= 0.3 is 17.9 Å². The van der Waals surface area contributed by atoms with Crippen LogP contribution in [-0.2, 0) is 57.0 Å².